The number of carbonyl (C=O) groups is 3. The van der Waals surface area contributed by atoms with Gasteiger partial charge in [-0.2, -0.15) is 0 Å². The van der Waals surface area contributed by atoms with Gasteiger partial charge in [0.15, 0.2) is 6.04 Å². The molecule has 0 fully saturated rings. The maximum Gasteiger partial charge on any atom is 0.279 e. The van der Waals surface area contributed by atoms with Gasteiger partial charge < -0.3 is 30.9 Å². The Labute approximate surface area is 79.9 Å². The second-order valence-corrected chi connectivity index (χ2v) is 2.82. The molecule has 2 atom stereocenters. The predicted molar refractivity (Wildman–Crippen MR) is 38.9 cm³/mol. The molecule has 0 aliphatic carbocycles. The SMILES string of the molecule is C[C@H](NC(=O)[C@@H]([NH3+])CC(=O)[O-])C(=O)[O-]. The minimum atomic E-state index is -1.45. The minimum absolute atomic E-state index is 0.550. The Balaban J connectivity index is 4.07. The van der Waals surface area contributed by atoms with Crippen LogP contribution >= 0.6 is 0 Å². The van der Waals surface area contributed by atoms with E-state index in [0.717, 1.165) is 0 Å². The first-order valence-corrected chi connectivity index (χ1v) is 3.88. The largest absolute Gasteiger partial charge is 0.550 e. The van der Waals surface area contributed by atoms with E-state index in [1.807, 2.05) is 5.32 Å². The van der Waals surface area contributed by atoms with Gasteiger partial charge >= 0.3 is 0 Å². The Morgan fingerprint density at radius 1 is 1.36 bits per heavy atom. The quantitative estimate of drug-likeness (QED) is 0.460. The summed E-state index contributed by atoms with van der Waals surface area (Å²) in [5.74, 6) is -3.62. The van der Waals surface area contributed by atoms with Crippen LogP contribution in [0.15, 0.2) is 0 Å². The number of aliphatic carboxylic acids is 2. The Morgan fingerprint density at radius 3 is 2.21 bits per heavy atom. The fourth-order valence-corrected chi connectivity index (χ4v) is 0.684. The first kappa shape index (κ1) is 12.4. The van der Waals surface area contributed by atoms with E-state index in [1.165, 1.54) is 6.92 Å². The van der Waals surface area contributed by atoms with E-state index >= 15 is 0 Å². The average Bonchev–Trinajstić information content (AvgIpc) is 2.02. The van der Waals surface area contributed by atoms with Crippen LogP contribution in [0, 0.1) is 0 Å². The van der Waals surface area contributed by atoms with Gasteiger partial charge in [0.2, 0.25) is 0 Å². The van der Waals surface area contributed by atoms with E-state index in [9.17, 15) is 24.6 Å². The lowest BCUT2D eigenvalue weighted by atomic mass is 10.2. The second-order valence-electron chi connectivity index (χ2n) is 2.82. The minimum Gasteiger partial charge on any atom is -0.550 e. The second kappa shape index (κ2) is 5.18. The standard InChI is InChI=1S/C7H12N2O5/c1-3(7(13)14)9-6(12)4(8)2-5(10)11/h3-4H,2,8H2,1H3,(H,9,12)(H,10,11)(H,13,14)/p-1/t3-,4-/m0/s1. The highest BCUT2D eigenvalue weighted by Crippen LogP contribution is 1.86. The molecule has 4 N–H and O–H groups in total. The molecular formula is C7H11N2O5-. The van der Waals surface area contributed by atoms with Crippen LogP contribution in [0.2, 0.25) is 0 Å². The maximum absolute atomic E-state index is 11.0. The first-order valence-electron chi connectivity index (χ1n) is 3.88. The highest BCUT2D eigenvalue weighted by atomic mass is 16.4. The first-order chi connectivity index (χ1) is 6.34. The summed E-state index contributed by atoms with van der Waals surface area (Å²) in [4.78, 5) is 31.3. The van der Waals surface area contributed by atoms with Crippen molar-refractivity contribution in [2.75, 3.05) is 0 Å². The molecular weight excluding hydrogens is 192 g/mol. The Morgan fingerprint density at radius 2 is 1.86 bits per heavy atom. The summed E-state index contributed by atoms with van der Waals surface area (Å²) in [7, 11) is 0. The van der Waals surface area contributed by atoms with E-state index in [4.69, 9.17) is 0 Å². The highest BCUT2D eigenvalue weighted by molar-refractivity contribution is 5.87. The van der Waals surface area contributed by atoms with Crippen LogP contribution in [-0.4, -0.2) is 29.9 Å². The molecule has 0 saturated carbocycles. The summed E-state index contributed by atoms with van der Waals surface area (Å²) in [6, 6.07) is -2.24. The third kappa shape index (κ3) is 4.41. The van der Waals surface area contributed by atoms with Crippen LogP contribution < -0.4 is 21.3 Å². The number of carboxylic acid groups (broad SMARTS) is 2. The zero-order valence-electron chi connectivity index (χ0n) is 7.61. The molecule has 0 aliphatic heterocycles. The van der Waals surface area contributed by atoms with Crippen molar-refractivity contribution in [3.05, 3.63) is 0 Å². The molecule has 80 valence electrons. The summed E-state index contributed by atoms with van der Waals surface area (Å²) in [6.07, 6.45) is -0.550. The number of nitrogens with one attached hydrogen (secondary N) is 1. The molecule has 0 aromatic carbocycles. The van der Waals surface area contributed by atoms with Gasteiger partial charge in [-0.25, -0.2) is 0 Å². The molecule has 7 heteroatoms. The molecule has 0 rings (SSSR count). The number of amides is 1. The Hall–Kier alpha value is -1.63. The van der Waals surface area contributed by atoms with Gasteiger partial charge in [0.25, 0.3) is 5.91 Å². The third-order valence-corrected chi connectivity index (χ3v) is 1.50. The molecule has 0 saturated heterocycles. The van der Waals surface area contributed by atoms with E-state index < -0.39 is 36.4 Å². The Kier molecular flexibility index (Phi) is 4.57. The van der Waals surface area contributed by atoms with Crippen molar-refractivity contribution >= 4 is 17.8 Å². The molecule has 0 bridgehead atoms. The third-order valence-electron chi connectivity index (χ3n) is 1.50. The van der Waals surface area contributed by atoms with Crippen molar-refractivity contribution in [3.63, 3.8) is 0 Å². The summed E-state index contributed by atoms with van der Waals surface area (Å²) in [5, 5.41) is 22.3. The molecule has 0 unspecified atom stereocenters. The van der Waals surface area contributed by atoms with Crippen molar-refractivity contribution in [2.24, 2.45) is 0 Å². The van der Waals surface area contributed by atoms with Gasteiger partial charge in [-0.15, -0.1) is 0 Å². The maximum atomic E-state index is 11.0. The molecule has 0 heterocycles. The number of carboxylic acids is 2. The molecule has 0 aromatic rings. The zero-order valence-corrected chi connectivity index (χ0v) is 7.61. The van der Waals surface area contributed by atoms with Gasteiger partial charge in [0, 0.05) is 12.4 Å². The van der Waals surface area contributed by atoms with Crippen molar-refractivity contribution < 1.29 is 30.3 Å². The van der Waals surface area contributed by atoms with E-state index in [2.05, 4.69) is 5.73 Å². The van der Waals surface area contributed by atoms with Crippen molar-refractivity contribution in [1.82, 2.24) is 5.32 Å². The number of hydrogen-bond donors (Lipinski definition) is 2. The molecule has 7 nitrogen and oxygen atoms in total. The van der Waals surface area contributed by atoms with Crippen LogP contribution in [0.5, 0.6) is 0 Å². The summed E-state index contributed by atoms with van der Waals surface area (Å²) < 4.78 is 0. The average molecular weight is 203 g/mol. The van der Waals surface area contributed by atoms with Gasteiger partial charge in [-0.1, -0.05) is 0 Å². The number of quaternary nitrogens is 1. The van der Waals surface area contributed by atoms with Gasteiger partial charge in [-0.3, -0.25) is 4.79 Å². The van der Waals surface area contributed by atoms with Crippen molar-refractivity contribution in [1.29, 1.82) is 0 Å². The summed E-state index contributed by atoms with van der Waals surface area (Å²) >= 11 is 0. The molecule has 1 amide bonds. The van der Waals surface area contributed by atoms with Crippen molar-refractivity contribution in [2.45, 2.75) is 25.4 Å². The highest BCUT2D eigenvalue weighted by Gasteiger charge is 2.19. The lowest BCUT2D eigenvalue weighted by Gasteiger charge is -2.16. The van der Waals surface area contributed by atoms with E-state index in [0.29, 0.717) is 0 Å². The molecule has 0 spiro atoms. The molecule has 0 radical (unpaired) electrons. The lowest BCUT2D eigenvalue weighted by molar-refractivity contribution is -0.408. The van der Waals surface area contributed by atoms with Gasteiger partial charge in [-0.05, 0) is 6.92 Å². The fourth-order valence-electron chi connectivity index (χ4n) is 0.684. The monoisotopic (exact) mass is 203 g/mol. The van der Waals surface area contributed by atoms with Gasteiger partial charge in [0.1, 0.15) is 0 Å². The van der Waals surface area contributed by atoms with Crippen LogP contribution in [0.4, 0.5) is 0 Å². The normalized spacial score (nSPS) is 14.1. The van der Waals surface area contributed by atoms with Crippen molar-refractivity contribution in [3.8, 4) is 0 Å². The van der Waals surface area contributed by atoms with Crippen LogP contribution in [0.1, 0.15) is 13.3 Å². The molecule has 14 heavy (non-hydrogen) atoms. The smallest absolute Gasteiger partial charge is 0.279 e. The van der Waals surface area contributed by atoms with Crippen LogP contribution in [0.3, 0.4) is 0 Å². The van der Waals surface area contributed by atoms with E-state index in [-0.39, 0.29) is 0 Å². The zero-order chi connectivity index (χ0) is 11.3. The van der Waals surface area contributed by atoms with Crippen LogP contribution in [-0.2, 0) is 14.4 Å². The number of carbonyl (C=O) groups excluding carboxylic acids is 3. The predicted octanol–water partition coefficient (Wildman–Crippen LogP) is -5.01. The summed E-state index contributed by atoms with van der Waals surface area (Å²) in [5.41, 5.74) is 3.24. The lowest BCUT2D eigenvalue weighted by Crippen LogP contribution is -2.69. The van der Waals surface area contributed by atoms with E-state index in [1.54, 1.807) is 0 Å². The van der Waals surface area contributed by atoms with Gasteiger partial charge in [0.05, 0.1) is 12.0 Å². The van der Waals surface area contributed by atoms with Crippen LogP contribution in [0.25, 0.3) is 0 Å². The fraction of sp³-hybridized carbons (Fsp3) is 0.571. The number of rotatable bonds is 5. The Bertz CT molecular complexity index is 252. The summed E-state index contributed by atoms with van der Waals surface area (Å²) in [6.45, 7) is 1.21. The molecule has 0 aromatic heterocycles. The molecule has 0 aliphatic rings. The number of hydrogen-bond acceptors (Lipinski definition) is 5. The topological polar surface area (TPSA) is 137 Å².